The average molecular weight is 470 g/mol. The second kappa shape index (κ2) is 10.7. The van der Waals surface area contributed by atoms with E-state index in [1.807, 2.05) is 0 Å². The van der Waals surface area contributed by atoms with E-state index in [1.165, 1.54) is 33.6 Å². The molecule has 3 rings (SSSR count). The van der Waals surface area contributed by atoms with Crippen molar-refractivity contribution in [2.75, 3.05) is 36.0 Å². The van der Waals surface area contributed by atoms with Gasteiger partial charge in [0, 0.05) is 31.9 Å². The van der Waals surface area contributed by atoms with Crippen LogP contribution in [0, 0.1) is 6.07 Å². The van der Waals surface area contributed by atoms with Crippen LogP contribution in [0.5, 0.6) is 0 Å². The topological polar surface area (TPSA) is 6.48 Å². The van der Waals surface area contributed by atoms with Crippen LogP contribution in [0.4, 0.5) is 11.4 Å². The SMILES string of the molecule is CCN(CC)c1[c-]c2c(cc1)-c1ccc(N(CC)CC)cc1C2.[Cl][Zr][Cl]. The monoisotopic (exact) mass is 467 g/mol. The van der Waals surface area contributed by atoms with Crippen LogP contribution in [0.2, 0.25) is 0 Å². The van der Waals surface area contributed by atoms with Crippen LogP contribution in [0.25, 0.3) is 11.1 Å². The Hall–Kier alpha value is -0.497. The second-order valence-electron chi connectivity index (χ2n) is 6.17. The summed E-state index contributed by atoms with van der Waals surface area (Å²) < 4.78 is 0. The van der Waals surface area contributed by atoms with E-state index in [0.717, 1.165) is 32.6 Å². The van der Waals surface area contributed by atoms with Gasteiger partial charge in [0.25, 0.3) is 0 Å². The minimum absolute atomic E-state index is 0.826. The summed E-state index contributed by atoms with van der Waals surface area (Å²) >= 11 is -0.826. The zero-order valence-corrected chi connectivity index (χ0v) is 20.0. The minimum atomic E-state index is -0.826. The fourth-order valence-electron chi connectivity index (χ4n) is 3.63. The molecule has 0 bridgehead atoms. The van der Waals surface area contributed by atoms with Crippen LogP contribution in [0.1, 0.15) is 38.8 Å². The number of rotatable bonds is 6. The third-order valence-electron chi connectivity index (χ3n) is 4.99. The van der Waals surface area contributed by atoms with Crippen LogP contribution in [0.3, 0.4) is 0 Å². The van der Waals surface area contributed by atoms with Gasteiger partial charge in [0.05, 0.1) is 0 Å². The Morgan fingerprint density at radius 3 is 2.04 bits per heavy atom. The van der Waals surface area contributed by atoms with Crippen LogP contribution >= 0.6 is 17.0 Å². The van der Waals surface area contributed by atoms with Gasteiger partial charge in [0.2, 0.25) is 0 Å². The van der Waals surface area contributed by atoms with E-state index < -0.39 is 20.8 Å². The Kier molecular flexibility index (Phi) is 9.00. The first-order valence-corrected chi connectivity index (χ1v) is 15.6. The molecule has 2 aromatic carbocycles. The molecule has 0 saturated carbocycles. The quantitative estimate of drug-likeness (QED) is 0.401. The summed E-state index contributed by atoms with van der Waals surface area (Å²) in [5.41, 5.74) is 8.11. The van der Waals surface area contributed by atoms with Gasteiger partial charge in [-0.25, -0.2) is 0 Å². The molecule has 0 aliphatic heterocycles. The molecule has 0 atom stereocenters. The summed E-state index contributed by atoms with van der Waals surface area (Å²) in [5.74, 6) is 0. The van der Waals surface area contributed by atoms with E-state index in [4.69, 9.17) is 17.0 Å². The van der Waals surface area contributed by atoms with Crippen LogP contribution in [0.15, 0.2) is 30.3 Å². The van der Waals surface area contributed by atoms with Crippen LogP contribution in [-0.2, 0) is 27.3 Å². The molecule has 0 radical (unpaired) electrons. The van der Waals surface area contributed by atoms with E-state index in [2.05, 4.69) is 73.9 Å². The predicted octanol–water partition coefficient (Wildman–Crippen LogP) is 6.13. The Morgan fingerprint density at radius 1 is 0.885 bits per heavy atom. The van der Waals surface area contributed by atoms with E-state index in [9.17, 15) is 0 Å². The molecule has 0 heterocycles. The van der Waals surface area contributed by atoms with E-state index in [1.54, 1.807) is 0 Å². The molecular formula is C21H27Cl2N2Zr-. The molecule has 2 aromatic rings. The first-order chi connectivity index (χ1) is 12.6. The zero-order valence-electron chi connectivity index (χ0n) is 16.1. The van der Waals surface area contributed by atoms with Gasteiger partial charge in [-0.15, -0.1) is 17.2 Å². The maximum atomic E-state index is 4.93. The summed E-state index contributed by atoms with van der Waals surface area (Å²) in [5, 5.41) is 0. The van der Waals surface area contributed by atoms with Gasteiger partial charge >= 0.3 is 37.9 Å². The van der Waals surface area contributed by atoms with Gasteiger partial charge in [0.1, 0.15) is 0 Å². The van der Waals surface area contributed by atoms with Crippen LogP contribution in [-0.4, -0.2) is 26.2 Å². The standard InChI is InChI=1S/C21H27N2.2ClH.Zr/c1-5-22(6-2)18-9-11-20-16(14-18)13-17-15-19(10-12-21(17)20)23(7-3)8-4;;;/h9-12,14H,5-8,13H2,1-4H3;2*1H;/q-1;;;+2/p-2. The van der Waals surface area contributed by atoms with Crippen molar-refractivity contribution >= 4 is 28.4 Å². The third kappa shape index (κ3) is 4.86. The van der Waals surface area contributed by atoms with E-state index in [-0.39, 0.29) is 0 Å². The van der Waals surface area contributed by atoms with Gasteiger partial charge in [-0.05, 0) is 51.8 Å². The van der Waals surface area contributed by atoms with Crippen molar-refractivity contribution in [3.63, 3.8) is 0 Å². The van der Waals surface area contributed by atoms with Crippen molar-refractivity contribution in [2.24, 2.45) is 0 Å². The van der Waals surface area contributed by atoms with Gasteiger partial charge in [-0.1, -0.05) is 17.3 Å². The molecule has 1 aliphatic rings. The number of hydrogen-bond donors (Lipinski definition) is 0. The van der Waals surface area contributed by atoms with Crippen molar-refractivity contribution in [1.29, 1.82) is 0 Å². The zero-order chi connectivity index (χ0) is 19.1. The number of halogens is 2. The average Bonchev–Trinajstić information content (AvgIpc) is 3.01. The molecular weight excluding hydrogens is 442 g/mol. The van der Waals surface area contributed by atoms with Gasteiger partial charge in [-0.2, -0.15) is 12.1 Å². The number of fused-ring (bicyclic) bond motifs is 3. The molecule has 0 N–H and O–H groups in total. The van der Waals surface area contributed by atoms with Crippen molar-refractivity contribution in [3.8, 4) is 11.1 Å². The summed E-state index contributed by atoms with van der Waals surface area (Å²) in [6.45, 7) is 13.0. The Bertz CT molecular complexity index is 654. The Balaban J connectivity index is 0.000000758. The number of anilines is 2. The summed E-state index contributed by atoms with van der Waals surface area (Å²) in [6.07, 6.45) is 1.01. The molecule has 0 aromatic heterocycles. The summed E-state index contributed by atoms with van der Waals surface area (Å²) in [6, 6.07) is 15.1. The second-order valence-corrected chi connectivity index (χ2v) is 9.90. The molecule has 0 saturated heterocycles. The molecule has 0 amide bonds. The third-order valence-corrected chi connectivity index (χ3v) is 4.99. The maximum absolute atomic E-state index is 4.93. The summed E-state index contributed by atoms with van der Waals surface area (Å²) in [4.78, 5) is 4.78. The van der Waals surface area contributed by atoms with Gasteiger partial charge in [0.15, 0.2) is 0 Å². The Morgan fingerprint density at radius 2 is 1.46 bits per heavy atom. The first-order valence-electron chi connectivity index (χ1n) is 9.27. The van der Waals surface area contributed by atoms with Gasteiger partial charge < -0.3 is 9.80 Å². The number of benzene rings is 2. The van der Waals surface area contributed by atoms with Crippen molar-refractivity contribution in [3.05, 3.63) is 47.5 Å². The molecule has 26 heavy (non-hydrogen) atoms. The predicted molar refractivity (Wildman–Crippen MR) is 112 cm³/mol. The van der Waals surface area contributed by atoms with Crippen molar-refractivity contribution < 1.29 is 20.8 Å². The van der Waals surface area contributed by atoms with Crippen molar-refractivity contribution in [2.45, 2.75) is 34.1 Å². The van der Waals surface area contributed by atoms with Crippen LogP contribution < -0.4 is 9.80 Å². The fourth-order valence-corrected chi connectivity index (χ4v) is 3.63. The summed E-state index contributed by atoms with van der Waals surface area (Å²) in [7, 11) is 9.87. The van der Waals surface area contributed by atoms with Gasteiger partial charge in [-0.3, -0.25) is 0 Å². The molecule has 2 nitrogen and oxygen atoms in total. The molecule has 0 spiro atoms. The van der Waals surface area contributed by atoms with E-state index >= 15 is 0 Å². The molecule has 0 fully saturated rings. The normalized spacial score (nSPS) is 11.2. The molecule has 0 unspecified atom stereocenters. The molecule has 5 heteroatoms. The Labute approximate surface area is 177 Å². The first kappa shape index (κ1) is 21.8. The van der Waals surface area contributed by atoms with E-state index in [0.29, 0.717) is 0 Å². The fraction of sp³-hybridized carbons (Fsp3) is 0.429. The molecule has 1 aliphatic carbocycles. The van der Waals surface area contributed by atoms with Crippen molar-refractivity contribution in [1.82, 2.24) is 0 Å². The molecule has 140 valence electrons. The number of nitrogens with zero attached hydrogens (tertiary/aromatic N) is 2. The number of hydrogen-bond acceptors (Lipinski definition) is 2.